The number of hydrogen-bond donors (Lipinski definition) is 2. The second-order valence-corrected chi connectivity index (χ2v) is 5.27. The van der Waals surface area contributed by atoms with E-state index in [9.17, 15) is 5.11 Å². The van der Waals surface area contributed by atoms with Crippen LogP contribution in [0.25, 0.3) is 0 Å². The Morgan fingerprint density at radius 2 is 1.75 bits per heavy atom. The molecular formula is C15H18ClN3O. The molecule has 1 heterocycles. The van der Waals surface area contributed by atoms with Gasteiger partial charge in [0.25, 0.3) is 0 Å². The van der Waals surface area contributed by atoms with Gasteiger partial charge in [0.1, 0.15) is 0 Å². The summed E-state index contributed by atoms with van der Waals surface area (Å²) in [6.07, 6.45) is 0.685. The average molecular weight is 292 g/mol. The fourth-order valence-corrected chi connectivity index (χ4v) is 2.17. The summed E-state index contributed by atoms with van der Waals surface area (Å²) in [7, 11) is 0. The first-order valence-corrected chi connectivity index (χ1v) is 6.89. The number of hydrogen-bond acceptors (Lipinski definition) is 4. The first-order valence-electron chi connectivity index (χ1n) is 6.51. The molecule has 0 amide bonds. The number of halogens is 1. The number of anilines is 1. The number of nitrogens with zero attached hydrogens (tertiary/aromatic N) is 2. The standard InChI is InChI=1S/C15H18ClN3O/c1-10-7-11(2)18-15(17-10)19-14(9-20)8-12-3-5-13(16)6-4-12/h3-7,14,20H,8-9H2,1-2H3,(H,17,18,19)/t14-/m1/s1. The maximum atomic E-state index is 9.50. The first kappa shape index (κ1) is 14.8. The molecule has 4 nitrogen and oxygen atoms in total. The molecule has 0 saturated carbocycles. The molecule has 2 rings (SSSR count). The van der Waals surface area contributed by atoms with Crippen LogP contribution >= 0.6 is 11.6 Å². The third kappa shape index (κ3) is 4.18. The number of rotatable bonds is 5. The number of aromatic nitrogens is 2. The van der Waals surface area contributed by atoms with Gasteiger partial charge in [0, 0.05) is 16.4 Å². The van der Waals surface area contributed by atoms with Crippen LogP contribution in [0.1, 0.15) is 17.0 Å². The van der Waals surface area contributed by atoms with Crippen LogP contribution in [0.2, 0.25) is 5.02 Å². The molecule has 0 fully saturated rings. The first-order chi connectivity index (χ1) is 9.56. The third-order valence-electron chi connectivity index (χ3n) is 2.93. The van der Waals surface area contributed by atoms with E-state index in [1.54, 1.807) is 0 Å². The van der Waals surface area contributed by atoms with Crippen LogP contribution < -0.4 is 5.32 Å². The summed E-state index contributed by atoms with van der Waals surface area (Å²) in [5, 5.41) is 13.4. The van der Waals surface area contributed by atoms with Crippen LogP contribution in [0.15, 0.2) is 30.3 Å². The number of aryl methyl sites for hydroxylation is 2. The summed E-state index contributed by atoms with van der Waals surface area (Å²) >= 11 is 5.86. The predicted octanol–water partition coefficient (Wildman–Crippen LogP) is 2.76. The van der Waals surface area contributed by atoms with E-state index in [1.807, 2.05) is 44.2 Å². The van der Waals surface area contributed by atoms with E-state index in [0.29, 0.717) is 17.4 Å². The van der Waals surface area contributed by atoms with Gasteiger partial charge < -0.3 is 10.4 Å². The topological polar surface area (TPSA) is 58.0 Å². The normalized spacial score (nSPS) is 12.2. The lowest BCUT2D eigenvalue weighted by atomic mass is 10.1. The molecule has 0 aliphatic carbocycles. The van der Waals surface area contributed by atoms with Crippen molar-refractivity contribution >= 4 is 17.5 Å². The minimum absolute atomic E-state index is 0.0129. The zero-order chi connectivity index (χ0) is 14.5. The fraction of sp³-hybridized carbons (Fsp3) is 0.333. The summed E-state index contributed by atoms with van der Waals surface area (Å²) in [6.45, 7) is 3.86. The second-order valence-electron chi connectivity index (χ2n) is 4.83. The summed E-state index contributed by atoms with van der Waals surface area (Å²) < 4.78 is 0. The quantitative estimate of drug-likeness (QED) is 0.889. The largest absolute Gasteiger partial charge is 0.394 e. The summed E-state index contributed by atoms with van der Waals surface area (Å²) in [5.41, 5.74) is 2.91. The minimum Gasteiger partial charge on any atom is -0.394 e. The van der Waals surface area contributed by atoms with Crippen LogP contribution in [0.4, 0.5) is 5.95 Å². The van der Waals surface area contributed by atoms with Crippen molar-refractivity contribution in [1.29, 1.82) is 0 Å². The Morgan fingerprint density at radius 3 is 2.30 bits per heavy atom. The smallest absolute Gasteiger partial charge is 0.223 e. The summed E-state index contributed by atoms with van der Waals surface area (Å²) in [4.78, 5) is 8.65. The number of aliphatic hydroxyl groups excluding tert-OH is 1. The van der Waals surface area contributed by atoms with Crippen molar-refractivity contribution in [3.05, 3.63) is 52.3 Å². The van der Waals surface area contributed by atoms with Crippen molar-refractivity contribution in [2.45, 2.75) is 26.3 Å². The van der Waals surface area contributed by atoms with Crippen molar-refractivity contribution in [3.63, 3.8) is 0 Å². The molecule has 0 unspecified atom stereocenters. The van der Waals surface area contributed by atoms with Crippen molar-refractivity contribution < 1.29 is 5.11 Å². The molecule has 0 aliphatic heterocycles. The van der Waals surface area contributed by atoms with Crippen molar-refractivity contribution in [2.75, 3.05) is 11.9 Å². The Balaban J connectivity index is 2.06. The Hall–Kier alpha value is -1.65. The van der Waals surface area contributed by atoms with Gasteiger partial charge in [-0.15, -0.1) is 0 Å². The highest BCUT2D eigenvalue weighted by Crippen LogP contribution is 2.13. The molecule has 20 heavy (non-hydrogen) atoms. The van der Waals surface area contributed by atoms with E-state index >= 15 is 0 Å². The van der Waals surface area contributed by atoms with E-state index in [4.69, 9.17) is 11.6 Å². The predicted molar refractivity (Wildman–Crippen MR) is 81.2 cm³/mol. The van der Waals surface area contributed by atoms with Gasteiger partial charge in [0.05, 0.1) is 12.6 Å². The van der Waals surface area contributed by atoms with Gasteiger partial charge in [0.2, 0.25) is 5.95 Å². The molecule has 2 N–H and O–H groups in total. The van der Waals surface area contributed by atoms with Crippen LogP contribution in [0.5, 0.6) is 0 Å². The number of nitrogens with one attached hydrogen (secondary N) is 1. The van der Waals surface area contributed by atoms with Gasteiger partial charge in [-0.2, -0.15) is 0 Å². The molecule has 0 radical (unpaired) electrons. The van der Waals surface area contributed by atoms with Crippen molar-refractivity contribution in [1.82, 2.24) is 9.97 Å². The lowest BCUT2D eigenvalue weighted by Crippen LogP contribution is -2.27. The maximum Gasteiger partial charge on any atom is 0.223 e. The highest BCUT2D eigenvalue weighted by Gasteiger charge is 2.10. The summed E-state index contributed by atoms with van der Waals surface area (Å²) in [6, 6.07) is 9.39. The summed E-state index contributed by atoms with van der Waals surface area (Å²) in [5.74, 6) is 0.551. The van der Waals surface area contributed by atoms with Crippen LogP contribution in [0, 0.1) is 13.8 Å². The highest BCUT2D eigenvalue weighted by molar-refractivity contribution is 6.30. The van der Waals surface area contributed by atoms with Crippen molar-refractivity contribution in [3.8, 4) is 0 Å². The average Bonchev–Trinajstić information content (AvgIpc) is 2.39. The Bertz CT molecular complexity index is 552. The van der Waals surface area contributed by atoms with Gasteiger partial charge in [-0.3, -0.25) is 0 Å². The molecule has 5 heteroatoms. The zero-order valence-corrected chi connectivity index (χ0v) is 12.4. The van der Waals surface area contributed by atoms with E-state index in [0.717, 1.165) is 17.0 Å². The van der Waals surface area contributed by atoms with Gasteiger partial charge in [-0.1, -0.05) is 23.7 Å². The molecule has 1 atom stereocenters. The molecule has 1 aromatic heterocycles. The van der Waals surface area contributed by atoms with Gasteiger partial charge >= 0.3 is 0 Å². The van der Waals surface area contributed by atoms with Gasteiger partial charge in [0.15, 0.2) is 0 Å². The molecule has 1 aromatic carbocycles. The van der Waals surface area contributed by atoms with Crippen LogP contribution in [-0.4, -0.2) is 27.7 Å². The monoisotopic (exact) mass is 291 g/mol. The van der Waals surface area contributed by atoms with E-state index in [1.165, 1.54) is 0 Å². The molecule has 0 aliphatic rings. The third-order valence-corrected chi connectivity index (χ3v) is 3.18. The maximum absolute atomic E-state index is 9.50. The van der Waals surface area contributed by atoms with Gasteiger partial charge in [-0.05, 0) is 44.0 Å². The SMILES string of the molecule is Cc1cc(C)nc(N[C@@H](CO)Cc2ccc(Cl)cc2)n1. The van der Waals surface area contributed by atoms with Gasteiger partial charge in [-0.25, -0.2) is 9.97 Å². The van der Waals surface area contributed by atoms with E-state index in [2.05, 4.69) is 15.3 Å². The molecule has 106 valence electrons. The Morgan fingerprint density at radius 1 is 1.15 bits per heavy atom. The number of aliphatic hydroxyl groups is 1. The van der Waals surface area contributed by atoms with E-state index in [-0.39, 0.29) is 12.6 Å². The van der Waals surface area contributed by atoms with Crippen LogP contribution in [-0.2, 0) is 6.42 Å². The van der Waals surface area contributed by atoms with E-state index < -0.39 is 0 Å². The zero-order valence-electron chi connectivity index (χ0n) is 11.6. The fourth-order valence-electron chi connectivity index (χ4n) is 2.04. The lowest BCUT2D eigenvalue weighted by Gasteiger charge is -2.17. The Kier molecular flexibility index (Phi) is 4.93. The highest BCUT2D eigenvalue weighted by atomic mass is 35.5. The molecule has 2 aromatic rings. The minimum atomic E-state index is -0.127. The Labute approximate surface area is 123 Å². The molecule has 0 saturated heterocycles. The van der Waals surface area contributed by atoms with Crippen molar-refractivity contribution in [2.24, 2.45) is 0 Å². The molecule has 0 bridgehead atoms. The number of benzene rings is 1. The lowest BCUT2D eigenvalue weighted by molar-refractivity contribution is 0.273. The van der Waals surface area contributed by atoms with Crippen LogP contribution in [0.3, 0.4) is 0 Å². The second kappa shape index (κ2) is 6.68. The molecule has 0 spiro atoms. The molecular weight excluding hydrogens is 274 g/mol.